The minimum absolute atomic E-state index is 0. The van der Waals surface area contributed by atoms with Gasteiger partial charge in [0.1, 0.15) is 6.10 Å². The highest BCUT2D eigenvalue weighted by Gasteiger charge is 2.25. The molecule has 3 rings (SSSR count). The Morgan fingerprint density at radius 3 is 2.95 bits per heavy atom. The second-order valence-electron chi connectivity index (χ2n) is 5.84. The molecule has 1 aromatic heterocycles. The SMILES string of the molecule is CC(Cc1nc(C2CCCO2)no1)C1CCCNC1.Cl. The lowest BCUT2D eigenvalue weighted by Crippen LogP contribution is -2.33. The van der Waals surface area contributed by atoms with E-state index >= 15 is 0 Å². The Hall–Kier alpha value is -0.650. The van der Waals surface area contributed by atoms with Gasteiger partial charge in [-0.15, -0.1) is 12.4 Å². The van der Waals surface area contributed by atoms with Crippen LogP contribution in [0.3, 0.4) is 0 Å². The van der Waals surface area contributed by atoms with Gasteiger partial charge in [-0.1, -0.05) is 12.1 Å². The van der Waals surface area contributed by atoms with E-state index < -0.39 is 0 Å². The Morgan fingerprint density at radius 2 is 2.25 bits per heavy atom. The first-order chi connectivity index (χ1) is 9.33. The van der Waals surface area contributed by atoms with E-state index in [0.717, 1.165) is 56.6 Å². The molecule has 2 fully saturated rings. The summed E-state index contributed by atoms with van der Waals surface area (Å²) in [6, 6.07) is 0. The molecule has 0 saturated carbocycles. The molecule has 2 saturated heterocycles. The first kappa shape index (κ1) is 15.7. The molecule has 0 aliphatic carbocycles. The van der Waals surface area contributed by atoms with Crippen molar-refractivity contribution in [2.45, 2.75) is 45.1 Å². The Labute approximate surface area is 126 Å². The van der Waals surface area contributed by atoms with E-state index in [4.69, 9.17) is 9.26 Å². The molecule has 5 nitrogen and oxygen atoms in total. The van der Waals surface area contributed by atoms with Crippen molar-refractivity contribution in [2.75, 3.05) is 19.7 Å². The summed E-state index contributed by atoms with van der Waals surface area (Å²) in [5.41, 5.74) is 0. The van der Waals surface area contributed by atoms with E-state index in [1.807, 2.05) is 0 Å². The van der Waals surface area contributed by atoms with Crippen LogP contribution >= 0.6 is 12.4 Å². The average molecular weight is 302 g/mol. The lowest BCUT2D eigenvalue weighted by atomic mass is 9.85. The maximum absolute atomic E-state index is 5.58. The van der Waals surface area contributed by atoms with Crippen LogP contribution in [0.5, 0.6) is 0 Å². The Kier molecular flexibility index (Phi) is 5.81. The molecule has 0 aromatic carbocycles. The van der Waals surface area contributed by atoms with E-state index in [-0.39, 0.29) is 18.5 Å². The minimum Gasteiger partial charge on any atom is -0.370 e. The minimum atomic E-state index is 0. The maximum Gasteiger partial charge on any atom is 0.227 e. The lowest BCUT2D eigenvalue weighted by molar-refractivity contribution is 0.103. The molecular formula is C14H24ClN3O2. The molecule has 6 heteroatoms. The number of hydrogen-bond donors (Lipinski definition) is 1. The van der Waals surface area contributed by atoms with Crippen LogP contribution in [-0.4, -0.2) is 29.8 Å². The smallest absolute Gasteiger partial charge is 0.227 e. The summed E-state index contributed by atoms with van der Waals surface area (Å²) >= 11 is 0. The fourth-order valence-corrected chi connectivity index (χ4v) is 3.07. The van der Waals surface area contributed by atoms with Crippen molar-refractivity contribution in [3.8, 4) is 0 Å². The molecule has 0 spiro atoms. The summed E-state index contributed by atoms with van der Waals surface area (Å²) in [7, 11) is 0. The number of piperidine rings is 1. The Balaban J connectivity index is 0.00000147. The predicted octanol–water partition coefficient (Wildman–Crippen LogP) is 2.52. The molecule has 0 radical (unpaired) electrons. The van der Waals surface area contributed by atoms with Crippen LogP contribution in [0.15, 0.2) is 4.52 Å². The molecule has 3 atom stereocenters. The van der Waals surface area contributed by atoms with E-state index in [9.17, 15) is 0 Å². The van der Waals surface area contributed by atoms with Gasteiger partial charge < -0.3 is 14.6 Å². The van der Waals surface area contributed by atoms with Crippen molar-refractivity contribution in [1.29, 1.82) is 0 Å². The van der Waals surface area contributed by atoms with Crippen molar-refractivity contribution in [3.05, 3.63) is 11.7 Å². The van der Waals surface area contributed by atoms with Crippen molar-refractivity contribution >= 4 is 12.4 Å². The molecule has 114 valence electrons. The van der Waals surface area contributed by atoms with Gasteiger partial charge in [0.25, 0.3) is 0 Å². The zero-order valence-corrected chi connectivity index (χ0v) is 12.8. The Bertz CT molecular complexity index is 401. The van der Waals surface area contributed by atoms with Crippen molar-refractivity contribution in [1.82, 2.24) is 15.5 Å². The van der Waals surface area contributed by atoms with Crippen LogP contribution in [0.4, 0.5) is 0 Å². The number of rotatable bonds is 4. The number of ether oxygens (including phenoxy) is 1. The fraction of sp³-hybridized carbons (Fsp3) is 0.857. The molecule has 3 unspecified atom stereocenters. The van der Waals surface area contributed by atoms with E-state index in [1.54, 1.807) is 0 Å². The van der Waals surface area contributed by atoms with Crippen molar-refractivity contribution in [2.24, 2.45) is 11.8 Å². The maximum atomic E-state index is 5.58. The fourth-order valence-electron chi connectivity index (χ4n) is 3.07. The standard InChI is InChI=1S/C14H23N3O2.ClH/c1-10(11-4-2-6-15-9-11)8-13-16-14(17-19-13)12-5-3-7-18-12;/h10-12,15H,2-9H2,1H3;1H. The van der Waals surface area contributed by atoms with Gasteiger partial charge >= 0.3 is 0 Å². The number of aromatic nitrogens is 2. The average Bonchev–Trinajstić information content (AvgIpc) is 3.10. The molecule has 20 heavy (non-hydrogen) atoms. The summed E-state index contributed by atoms with van der Waals surface area (Å²) in [6.45, 7) is 5.38. The van der Waals surface area contributed by atoms with Crippen LogP contribution in [0, 0.1) is 11.8 Å². The largest absolute Gasteiger partial charge is 0.370 e. The number of halogens is 1. The normalized spacial score (nSPS) is 28.1. The summed E-state index contributed by atoms with van der Waals surface area (Å²) in [4.78, 5) is 4.50. The highest BCUT2D eigenvalue weighted by molar-refractivity contribution is 5.85. The van der Waals surface area contributed by atoms with E-state index in [2.05, 4.69) is 22.4 Å². The quantitative estimate of drug-likeness (QED) is 0.926. The molecule has 3 heterocycles. The molecule has 1 aromatic rings. The van der Waals surface area contributed by atoms with Gasteiger partial charge in [0.05, 0.1) is 0 Å². The number of nitrogens with zero attached hydrogens (tertiary/aromatic N) is 2. The van der Waals surface area contributed by atoms with Crippen LogP contribution in [-0.2, 0) is 11.2 Å². The number of nitrogens with one attached hydrogen (secondary N) is 1. The van der Waals surface area contributed by atoms with Gasteiger partial charge in [0, 0.05) is 13.0 Å². The van der Waals surface area contributed by atoms with Gasteiger partial charge in [-0.25, -0.2) is 0 Å². The van der Waals surface area contributed by atoms with Crippen LogP contribution in [0.1, 0.15) is 50.4 Å². The van der Waals surface area contributed by atoms with Gasteiger partial charge in [-0.05, 0) is 50.6 Å². The third-order valence-corrected chi connectivity index (χ3v) is 4.34. The van der Waals surface area contributed by atoms with Gasteiger partial charge in [-0.2, -0.15) is 4.98 Å². The summed E-state index contributed by atoms with van der Waals surface area (Å²) in [5, 5.41) is 7.53. The van der Waals surface area contributed by atoms with Crippen LogP contribution in [0.2, 0.25) is 0 Å². The zero-order chi connectivity index (χ0) is 13.1. The summed E-state index contributed by atoms with van der Waals surface area (Å²) in [6.07, 6.45) is 5.64. The zero-order valence-electron chi connectivity index (χ0n) is 12.0. The van der Waals surface area contributed by atoms with Crippen molar-refractivity contribution in [3.63, 3.8) is 0 Å². The molecule has 2 aliphatic rings. The first-order valence-corrected chi connectivity index (χ1v) is 7.47. The van der Waals surface area contributed by atoms with E-state index in [0.29, 0.717) is 5.92 Å². The van der Waals surface area contributed by atoms with Gasteiger partial charge in [0.15, 0.2) is 0 Å². The third kappa shape index (κ3) is 3.71. The summed E-state index contributed by atoms with van der Waals surface area (Å²) < 4.78 is 11.0. The number of hydrogen-bond acceptors (Lipinski definition) is 5. The summed E-state index contributed by atoms with van der Waals surface area (Å²) in [5.74, 6) is 2.82. The second-order valence-corrected chi connectivity index (χ2v) is 5.84. The highest BCUT2D eigenvalue weighted by Crippen LogP contribution is 2.27. The highest BCUT2D eigenvalue weighted by atomic mass is 35.5. The van der Waals surface area contributed by atoms with E-state index in [1.165, 1.54) is 12.8 Å². The molecule has 0 bridgehead atoms. The molecule has 1 N–H and O–H groups in total. The lowest BCUT2D eigenvalue weighted by Gasteiger charge is -2.27. The Morgan fingerprint density at radius 1 is 1.35 bits per heavy atom. The molecule has 2 aliphatic heterocycles. The second kappa shape index (κ2) is 7.38. The topological polar surface area (TPSA) is 60.2 Å². The van der Waals surface area contributed by atoms with Gasteiger partial charge in [0.2, 0.25) is 11.7 Å². The molecule has 0 amide bonds. The van der Waals surface area contributed by atoms with Crippen molar-refractivity contribution < 1.29 is 9.26 Å². The van der Waals surface area contributed by atoms with Crippen LogP contribution < -0.4 is 5.32 Å². The third-order valence-electron chi connectivity index (χ3n) is 4.34. The van der Waals surface area contributed by atoms with Gasteiger partial charge in [-0.3, -0.25) is 0 Å². The predicted molar refractivity (Wildman–Crippen MR) is 77.9 cm³/mol. The first-order valence-electron chi connectivity index (χ1n) is 7.47. The monoisotopic (exact) mass is 301 g/mol. The van der Waals surface area contributed by atoms with Crippen LogP contribution in [0.25, 0.3) is 0 Å². The molecular weight excluding hydrogens is 278 g/mol.